The van der Waals surface area contributed by atoms with Crippen LogP contribution in [0.4, 0.5) is 30.6 Å². The van der Waals surface area contributed by atoms with Gasteiger partial charge in [0.15, 0.2) is 0 Å². The van der Waals surface area contributed by atoms with Gasteiger partial charge in [-0.05, 0) is 76.2 Å². The number of hydrogen-bond acceptors (Lipinski definition) is 18. The highest BCUT2D eigenvalue weighted by Crippen LogP contribution is 2.62. The SMILES string of the molecule is CCOC(=O)[C@@]12N3CN4C(=O)N5Cc6c(OC)ccc(NC(=O)c7ccncc7)c6CN6C(=O)N(CN1C(=O)N1Cc7c(OC)ccc(NC(=O)c8ccncc8)c7CN(C3=O)[C@@]12C(=O)OCC)[C@@]4(C(=O)OCC)[C@@]65C(=O)OCC. The van der Waals surface area contributed by atoms with Crippen molar-refractivity contribution < 1.29 is 76.4 Å². The number of esters is 4. The highest BCUT2D eigenvalue weighted by Gasteiger charge is 2.93. The van der Waals surface area contributed by atoms with Crippen LogP contribution in [-0.4, -0.2) is 186 Å². The van der Waals surface area contributed by atoms with Gasteiger partial charge >= 0.3 is 48.0 Å². The molecule has 5 fully saturated rings. The molecule has 7 aliphatic heterocycles. The Hall–Kier alpha value is -9.76. The van der Waals surface area contributed by atoms with E-state index >= 15 is 38.4 Å². The van der Waals surface area contributed by atoms with Crippen molar-refractivity contribution in [3.63, 3.8) is 0 Å². The fourth-order valence-corrected chi connectivity index (χ4v) is 12.5. The lowest BCUT2D eigenvalue weighted by Crippen LogP contribution is -2.81. The maximum atomic E-state index is 16.3. The van der Waals surface area contributed by atoms with Crippen LogP contribution in [0.15, 0.2) is 73.3 Å². The van der Waals surface area contributed by atoms with Gasteiger partial charge in [0.1, 0.15) is 24.8 Å². The highest BCUT2D eigenvalue weighted by molar-refractivity contribution is 6.13. The minimum Gasteiger partial charge on any atom is -0.496 e. The molecule has 4 aromatic rings. The normalized spacial score (nSPS) is 23.7. The smallest absolute Gasteiger partial charge is 0.359 e. The highest BCUT2D eigenvalue weighted by atomic mass is 16.6. The Morgan fingerprint density at radius 1 is 0.425 bits per heavy atom. The number of anilines is 2. The number of aromatic nitrogens is 2. The first kappa shape index (κ1) is 52.3. The van der Waals surface area contributed by atoms with Crippen molar-refractivity contribution in [2.24, 2.45) is 0 Å². The van der Waals surface area contributed by atoms with E-state index in [9.17, 15) is 9.59 Å². The van der Waals surface area contributed by atoms with E-state index in [1.165, 1.54) is 115 Å². The number of urea groups is 4. The first-order valence-electron chi connectivity index (χ1n) is 25.4. The molecule has 0 radical (unpaired) electrons. The molecule has 2 aromatic heterocycles. The molecule has 416 valence electrons. The minimum absolute atomic E-state index is 0.0897. The quantitative estimate of drug-likeness (QED) is 0.135. The first-order valence-corrected chi connectivity index (χ1v) is 25.4. The molecule has 5 saturated heterocycles. The average molecular weight is 1100 g/mol. The van der Waals surface area contributed by atoms with Gasteiger partial charge in [0.2, 0.25) is 0 Å². The van der Waals surface area contributed by atoms with Crippen LogP contribution < -0.4 is 20.1 Å². The van der Waals surface area contributed by atoms with E-state index in [1.807, 2.05) is 0 Å². The second kappa shape index (κ2) is 19.0. The molecule has 2 aromatic carbocycles. The zero-order valence-electron chi connectivity index (χ0n) is 44.0. The summed E-state index contributed by atoms with van der Waals surface area (Å²) in [5.41, 5.74) is -10.9. The van der Waals surface area contributed by atoms with E-state index in [-0.39, 0.29) is 69.5 Å². The second-order valence-corrected chi connectivity index (χ2v) is 19.0. The molecule has 4 atom stereocenters. The Balaban J connectivity index is 1.17. The van der Waals surface area contributed by atoms with Crippen LogP contribution in [0.5, 0.6) is 11.5 Å². The van der Waals surface area contributed by atoms with Crippen LogP contribution in [0.1, 0.15) is 70.7 Å². The monoisotopic (exact) mass is 1100 g/mol. The summed E-state index contributed by atoms with van der Waals surface area (Å²) in [6.07, 6.45) is 5.63. The Labute approximate surface area is 454 Å². The maximum absolute atomic E-state index is 16.3. The number of carbonyl (C=O) groups excluding carboxylic acids is 10. The molecule has 0 aliphatic carbocycles. The molecule has 0 spiro atoms. The van der Waals surface area contributed by atoms with Gasteiger partial charge in [-0.25, -0.2) is 38.4 Å². The van der Waals surface area contributed by atoms with Gasteiger partial charge in [0.25, 0.3) is 34.5 Å². The molecule has 7 aliphatic rings. The van der Waals surface area contributed by atoms with Gasteiger partial charge < -0.3 is 39.1 Å². The maximum Gasteiger partial charge on any atom is 0.359 e. The number of carbonyl (C=O) groups is 10. The van der Waals surface area contributed by atoms with Gasteiger partial charge in [-0.2, -0.15) is 0 Å². The van der Waals surface area contributed by atoms with Gasteiger partial charge in [0, 0.05) is 69.5 Å². The van der Waals surface area contributed by atoms with Gasteiger partial charge in [-0.3, -0.25) is 58.8 Å². The van der Waals surface area contributed by atoms with E-state index in [1.54, 1.807) is 0 Å². The minimum atomic E-state index is -3.08. The van der Waals surface area contributed by atoms with Crippen LogP contribution in [0.2, 0.25) is 0 Å². The van der Waals surface area contributed by atoms with Crippen LogP contribution in [0, 0.1) is 0 Å². The lowest BCUT2D eigenvalue weighted by Gasteiger charge is -2.51. The van der Waals surface area contributed by atoms with E-state index in [4.69, 9.17) is 28.4 Å². The van der Waals surface area contributed by atoms with E-state index in [0.717, 1.165) is 39.2 Å². The summed E-state index contributed by atoms with van der Waals surface area (Å²) in [4.78, 5) is 170. The predicted molar refractivity (Wildman–Crippen MR) is 269 cm³/mol. The molecule has 10 amide bonds. The number of ether oxygens (including phenoxy) is 6. The molecule has 28 nitrogen and oxygen atoms in total. The first-order chi connectivity index (χ1) is 38.6. The number of pyridine rings is 2. The summed E-state index contributed by atoms with van der Waals surface area (Å²) >= 11 is 0. The van der Waals surface area contributed by atoms with Crippen molar-refractivity contribution in [3.05, 3.63) is 107 Å². The average Bonchev–Trinajstić information content (AvgIpc) is 3.90. The Morgan fingerprint density at radius 2 is 0.700 bits per heavy atom. The summed E-state index contributed by atoms with van der Waals surface area (Å²) in [5, 5.41) is 5.69. The zero-order valence-corrected chi connectivity index (χ0v) is 44.0. The Bertz CT molecular complexity index is 3150. The van der Waals surface area contributed by atoms with Crippen molar-refractivity contribution in [2.45, 2.75) is 76.5 Å². The molecule has 11 rings (SSSR count). The van der Waals surface area contributed by atoms with Crippen molar-refractivity contribution in [2.75, 3.05) is 64.6 Å². The van der Waals surface area contributed by atoms with Crippen LogP contribution in [-0.2, 0) is 64.3 Å². The molecule has 0 saturated carbocycles. The van der Waals surface area contributed by atoms with Crippen LogP contribution in [0.25, 0.3) is 0 Å². The van der Waals surface area contributed by atoms with Gasteiger partial charge in [-0.15, -0.1) is 0 Å². The van der Waals surface area contributed by atoms with Crippen molar-refractivity contribution in [1.29, 1.82) is 0 Å². The fraction of sp³-hybridized carbons (Fsp3) is 0.385. The zero-order chi connectivity index (χ0) is 56.8. The standard InChI is InChI=1S/C52H52N12O16/c1-7-77-41(67)49-51(43(69)79-9-3)61-27-64-48(74)60-26-34-32(36(12-14-38(34)76-6)56-40(66)30-17-21-54-22-18-30)24-58-46(72)62(52(64,44(70)80-10-4)50(58,60)42(68)78-8-2)28-63(51)47(73)59(49)25-33-31(23-57(49)45(61)71)35(11-13-37(33)75-5)55-39(65)29-15-19-53-20-16-29/h11-22H,7-10,23-28H2,1-6H3,(H,55,65)(H,56,66)/t49-,50-,51+,52+/m0/s1. The van der Waals surface area contributed by atoms with Gasteiger partial charge in [0.05, 0.1) is 66.8 Å². The third-order valence-electron chi connectivity index (χ3n) is 15.6. The van der Waals surface area contributed by atoms with E-state index in [2.05, 4.69) is 20.6 Å². The van der Waals surface area contributed by atoms with Crippen molar-refractivity contribution in [1.82, 2.24) is 49.2 Å². The number of fused-ring (bicyclic) bond motifs is 2. The summed E-state index contributed by atoms with van der Waals surface area (Å²) in [5.74, 6) is -6.49. The number of benzene rings is 2. The van der Waals surface area contributed by atoms with Crippen LogP contribution in [0.3, 0.4) is 0 Å². The van der Waals surface area contributed by atoms with E-state index < -0.39 is 135 Å². The lowest BCUT2D eigenvalue weighted by atomic mass is 9.88. The van der Waals surface area contributed by atoms with Crippen molar-refractivity contribution in [3.8, 4) is 11.5 Å². The van der Waals surface area contributed by atoms with Crippen molar-refractivity contribution >= 4 is 71.2 Å². The summed E-state index contributed by atoms with van der Waals surface area (Å²) < 4.78 is 35.0. The molecule has 80 heavy (non-hydrogen) atoms. The second-order valence-electron chi connectivity index (χ2n) is 19.0. The fourth-order valence-electron chi connectivity index (χ4n) is 12.5. The summed E-state index contributed by atoms with van der Waals surface area (Å²) in [7, 11) is 2.66. The number of methoxy groups -OCH3 is 2. The number of nitrogens with zero attached hydrogens (tertiary/aromatic N) is 10. The molecular weight excluding hydrogens is 1050 g/mol. The Morgan fingerprint density at radius 3 is 0.975 bits per heavy atom. The molecule has 0 unspecified atom stereocenters. The number of rotatable bonds is 14. The number of amides is 10. The third kappa shape index (κ3) is 6.48. The molecule has 2 N–H and O–H groups in total. The summed E-state index contributed by atoms with van der Waals surface area (Å²) in [6, 6.07) is 6.89. The predicted octanol–water partition coefficient (Wildman–Crippen LogP) is 2.64. The largest absolute Gasteiger partial charge is 0.496 e. The van der Waals surface area contributed by atoms with Crippen LogP contribution >= 0.6 is 0 Å². The lowest BCUT2D eigenvalue weighted by molar-refractivity contribution is -0.209. The summed E-state index contributed by atoms with van der Waals surface area (Å²) in [6.45, 7) is -1.06. The third-order valence-corrected chi connectivity index (χ3v) is 15.6. The van der Waals surface area contributed by atoms with Gasteiger partial charge in [-0.1, -0.05) is 0 Å². The number of nitrogens with one attached hydrogen (secondary N) is 2. The number of hydrogen-bond donors (Lipinski definition) is 2. The molecular formula is C52H52N12O16. The Kier molecular flexibility index (Phi) is 12.4. The molecule has 0 bridgehead atoms. The molecule has 9 heterocycles. The molecule has 28 heteroatoms. The topological polar surface area (TPSA) is 302 Å². The van der Waals surface area contributed by atoms with E-state index in [0.29, 0.717) is 0 Å².